The maximum absolute atomic E-state index is 12.7. The third-order valence-corrected chi connectivity index (χ3v) is 7.03. The Bertz CT molecular complexity index is 1220. The Hall–Kier alpha value is -2.29. The molecule has 0 radical (unpaired) electrons. The summed E-state index contributed by atoms with van der Waals surface area (Å²) >= 11 is 12.7. The van der Waals surface area contributed by atoms with Crippen molar-refractivity contribution in [3.8, 4) is 0 Å². The summed E-state index contributed by atoms with van der Waals surface area (Å²) in [5.74, 6) is 0.753. The predicted molar refractivity (Wildman–Crippen MR) is 134 cm³/mol. The van der Waals surface area contributed by atoms with Crippen LogP contribution in [0.25, 0.3) is 11.2 Å². The van der Waals surface area contributed by atoms with Crippen LogP contribution in [0, 0.1) is 0 Å². The Morgan fingerprint density at radius 3 is 2.39 bits per heavy atom. The van der Waals surface area contributed by atoms with Gasteiger partial charge in [-0.1, -0.05) is 55.5 Å². The summed E-state index contributed by atoms with van der Waals surface area (Å²) in [6, 6.07) is 5.58. The van der Waals surface area contributed by atoms with Crippen LogP contribution in [-0.4, -0.2) is 50.2 Å². The summed E-state index contributed by atoms with van der Waals surface area (Å²) in [6.45, 7) is 6.70. The van der Waals surface area contributed by atoms with Gasteiger partial charge in [-0.25, -0.2) is 4.79 Å². The zero-order valence-corrected chi connectivity index (χ0v) is 20.6. The zero-order valence-electron chi connectivity index (χ0n) is 19.1. The normalized spacial score (nSPS) is 15.0. The first-order chi connectivity index (χ1) is 15.9. The van der Waals surface area contributed by atoms with Crippen molar-refractivity contribution in [1.82, 2.24) is 24.0 Å². The molecule has 10 heteroatoms. The number of hydrogen-bond donors (Lipinski definition) is 1. The highest BCUT2D eigenvalue weighted by atomic mass is 35.5. The fourth-order valence-electron chi connectivity index (χ4n) is 4.39. The first-order valence-electron chi connectivity index (χ1n) is 11.5. The number of anilines is 1. The van der Waals surface area contributed by atoms with Crippen LogP contribution >= 0.6 is 23.2 Å². The van der Waals surface area contributed by atoms with Gasteiger partial charge in [0, 0.05) is 61.9 Å². The molecule has 2 aromatic heterocycles. The standard InChI is InChI=1S/C23H30Cl2N6O2/c1-3-4-5-6-10-31-19-20(28(2)23(33)27-21(19)32)26-22(31)30-13-11-29(12-14-30)15-16-17(24)8-7-9-18(16)25/h7-9H,3-6,10-15H2,1-2H3,(H,27,32,33). The van der Waals surface area contributed by atoms with Crippen LogP contribution in [0.3, 0.4) is 0 Å². The van der Waals surface area contributed by atoms with Crippen molar-refractivity contribution >= 4 is 40.3 Å². The quantitative estimate of drug-likeness (QED) is 0.485. The number of H-pyrrole nitrogens is 1. The van der Waals surface area contributed by atoms with Crippen LogP contribution < -0.4 is 16.1 Å². The highest BCUT2D eigenvalue weighted by Gasteiger charge is 2.25. The smallest absolute Gasteiger partial charge is 0.329 e. The van der Waals surface area contributed by atoms with Crippen molar-refractivity contribution in [2.24, 2.45) is 7.05 Å². The van der Waals surface area contributed by atoms with E-state index in [1.807, 2.05) is 22.8 Å². The van der Waals surface area contributed by atoms with E-state index in [1.54, 1.807) is 7.05 Å². The molecule has 0 spiro atoms. The number of aromatic amines is 1. The Kier molecular flexibility index (Phi) is 7.46. The summed E-state index contributed by atoms with van der Waals surface area (Å²) in [6.07, 6.45) is 4.34. The third kappa shape index (κ3) is 4.98. The van der Waals surface area contributed by atoms with Crippen molar-refractivity contribution in [3.05, 3.63) is 54.6 Å². The maximum Gasteiger partial charge on any atom is 0.329 e. The Morgan fingerprint density at radius 2 is 1.73 bits per heavy atom. The van der Waals surface area contributed by atoms with Gasteiger partial charge in [-0.15, -0.1) is 0 Å². The number of unbranched alkanes of at least 4 members (excludes halogenated alkanes) is 3. The first kappa shape index (κ1) is 23.9. The average Bonchev–Trinajstić information content (AvgIpc) is 3.18. The number of aromatic nitrogens is 4. The molecule has 0 aliphatic carbocycles. The fraction of sp³-hybridized carbons (Fsp3) is 0.522. The largest absolute Gasteiger partial charge is 0.340 e. The Morgan fingerprint density at radius 1 is 1.03 bits per heavy atom. The molecule has 33 heavy (non-hydrogen) atoms. The number of halogens is 2. The number of nitrogens with zero attached hydrogens (tertiary/aromatic N) is 5. The third-order valence-electron chi connectivity index (χ3n) is 6.32. The number of hydrogen-bond acceptors (Lipinski definition) is 5. The second kappa shape index (κ2) is 10.3. The van der Waals surface area contributed by atoms with Crippen LogP contribution in [0.2, 0.25) is 10.0 Å². The van der Waals surface area contributed by atoms with Gasteiger partial charge in [0.25, 0.3) is 5.56 Å². The molecule has 1 aliphatic rings. The minimum atomic E-state index is -0.448. The number of rotatable bonds is 8. The van der Waals surface area contributed by atoms with Crippen molar-refractivity contribution < 1.29 is 0 Å². The monoisotopic (exact) mass is 492 g/mol. The van der Waals surface area contributed by atoms with Gasteiger partial charge < -0.3 is 9.47 Å². The second-order valence-electron chi connectivity index (χ2n) is 8.58. The van der Waals surface area contributed by atoms with Crippen LogP contribution in [0.1, 0.15) is 38.2 Å². The summed E-state index contributed by atoms with van der Waals surface area (Å²) in [5, 5.41) is 1.36. The molecule has 0 bridgehead atoms. The molecule has 1 fully saturated rings. The molecular weight excluding hydrogens is 463 g/mol. The molecule has 0 atom stereocenters. The lowest BCUT2D eigenvalue weighted by molar-refractivity contribution is 0.248. The molecule has 1 saturated heterocycles. The van der Waals surface area contributed by atoms with Gasteiger partial charge in [0.15, 0.2) is 11.2 Å². The van der Waals surface area contributed by atoms with Crippen LogP contribution in [-0.2, 0) is 20.1 Å². The lowest BCUT2D eigenvalue weighted by Gasteiger charge is -2.35. The predicted octanol–water partition coefficient (Wildman–Crippen LogP) is 3.63. The average molecular weight is 493 g/mol. The molecular formula is C23H30Cl2N6O2. The van der Waals surface area contributed by atoms with E-state index >= 15 is 0 Å². The van der Waals surface area contributed by atoms with E-state index in [1.165, 1.54) is 4.57 Å². The highest BCUT2D eigenvalue weighted by molar-refractivity contribution is 6.35. The maximum atomic E-state index is 12.7. The Labute approximate surface area is 202 Å². The van der Waals surface area contributed by atoms with E-state index in [4.69, 9.17) is 28.2 Å². The SMILES string of the molecule is CCCCCCn1c(N2CCN(Cc3c(Cl)cccc3Cl)CC2)nc2c1c(=O)[nH]c(=O)n2C. The van der Waals surface area contributed by atoms with Gasteiger partial charge in [0.05, 0.1) is 0 Å². The van der Waals surface area contributed by atoms with Crippen molar-refractivity contribution in [3.63, 3.8) is 0 Å². The number of fused-ring (bicyclic) bond motifs is 1. The molecule has 0 amide bonds. The summed E-state index contributed by atoms with van der Waals surface area (Å²) in [4.78, 5) is 36.5. The lowest BCUT2D eigenvalue weighted by atomic mass is 10.2. The molecule has 1 N–H and O–H groups in total. The van der Waals surface area contributed by atoms with E-state index in [9.17, 15) is 9.59 Å². The lowest BCUT2D eigenvalue weighted by Crippen LogP contribution is -2.47. The van der Waals surface area contributed by atoms with Crippen LogP contribution in [0.15, 0.2) is 27.8 Å². The topological polar surface area (TPSA) is 79.2 Å². The minimum absolute atomic E-state index is 0.380. The second-order valence-corrected chi connectivity index (χ2v) is 9.39. The molecule has 3 heterocycles. The Balaban J connectivity index is 1.57. The summed E-state index contributed by atoms with van der Waals surface area (Å²) in [7, 11) is 1.64. The number of imidazole rings is 1. The van der Waals surface area contributed by atoms with E-state index in [0.717, 1.165) is 63.4 Å². The molecule has 8 nitrogen and oxygen atoms in total. The van der Waals surface area contributed by atoms with Crippen LogP contribution in [0.4, 0.5) is 5.95 Å². The van der Waals surface area contributed by atoms with Crippen molar-refractivity contribution in [2.45, 2.75) is 45.7 Å². The van der Waals surface area contributed by atoms with E-state index < -0.39 is 5.69 Å². The number of aryl methyl sites for hydroxylation is 2. The van der Waals surface area contributed by atoms with Gasteiger partial charge in [0.2, 0.25) is 5.95 Å². The van der Waals surface area contributed by atoms with Gasteiger partial charge in [-0.2, -0.15) is 4.98 Å². The molecule has 1 aromatic carbocycles. The van der Waals surface area contributed by atoms with Crippen LogP contribution in [0.5, 0.6) is 0 Å². The van der Waals surface area contributed by atoms with Crippen molar-refractivity contribution in [1.29, 1.82) is 0 Å². The van der Waals surface area contributed by atoms with Crippen molar-refractivity contribution in [2.75, 3.05) is 31.1 Å². The molecule has 0 saturated carbocycles. The molecule has 0 unspecified atom stereocenters. The minimum Gasteiger partial charge on any atom is -0.340 e. The fourth-order valence-corrected chi connectivity index (χ4v) is 4.90. The van der Waals surface area contributed by atoms with E-state index in [2.05, 4.69) is 21.7 Å². The molecule has 3 aromatic rings. The van der Waals surface area contributed by atoms with Gasteiger partial charge >= 0.3 is 5.69 Å². The summed E-state index contributed by atoms with van der Waals surface area (Å²) in [5.41, 5.74) is 1.01. The highest BCUT2D eigenvalue weighted by Crippen LogP contribution is 2.27. The molecule has 4 rings (SSSR count). The first-order valence-corrected chi connectivity index (χ1v) is 12.3. The van der Waals surface area contributed by atoms with Gasteiger partial charge in [0.1, 0.15) is 0 Å². The van der Waals surface area contributed by atoms with E-state index in [0.29, 0.717) is 34.3 Å². The van der Waals surface area contributed by atoms with Gasteiger partial charge in [-0.3, -0.25) is 19.2 Å². The number of benzene rings is 1. The zero-order chi connectivity index (χ0) is 23.5. The number of nitrogens with one attached hydrogen (secondary N) is 1. The summed E-state index contributed by atoms with van der Waals surface area (Å²) < 4.78 is 3.41. The number of piperazine rings is 1. The van der Waals surface area contributed by atoms with Gasteiger partial charge in [-0.05, 0) is 18.6 Å². The molecule has 178 valence electrons. The molecule has 1 aliphatic heterocycles. The van der Waals surface area contributed by atoms with E-state index in [-0.39, 0.29) is 5.56 Å².